The second-order valence-corrected chi connectivity index (χ2v) is 5.38. The molecule has 0 aromatic carbocycles. The third kappa shape index (κ3) is 2.67. The van der Waals surface area contributed by atoms with E-state index < -0.39 is 0 Å². The zero-order chi connectivity index (χ0) is 11.5. The summed E-state index contributed by atoms with van der Waals surface area (Å²) in [5, 5.41) is 3.60. The smallest absolute Gasteiger partial charge is 0.0271 e. The van der Waals surface area contributed by atoms with Gasteiger partial charge in [-0.1, -0.05) is 0 Å². The zero-order valence-electron chi connectivity index (χ0n) is 10.3. The van der Waals surface area contributed by atoms with Gasteiger partial charge in [0, 0.05) is 25.5 Å². The fraction of sp³-hybridized carbons (Fsp3) is 0.643. The monoisotopic (exact) mass is 231 g/mol. The standard InChI is InChI=1S/C14H21N3/c1-5-15-6-2-12(1)9-16-10-14-11-17-7-3-13(14)4-8-17/h1-2,5-6,13-14,16H,3-4,7-11H2. The molecule has 3 nitrogen and oxygen atoms in total. The number of nitrogens with zero attached hydrogens (tertiary/aromatic N) is 2. The van der Waals surface area contributed by atoms with Crippen molar-refractivity contribution in [2.75, 3.05) is 26.2 Å². The number of nitrogens with one attached hydrogen (secondary N) is 1. The van der Waals surface area contributed by atoms with Gasteiger partial charge in [-0.2, -0.15) is 0 Å². The highest BCUT2D eigenvalue weighted by molar-refractivity contribution is 5.09. The van der Waals surface area contributed by atoms with Crippen molar-refractivity contribution in [1.29, 1.82) is 0 Å². The quantitative estimate of drug-likeness (QED) is 0.851. The molecule has 3 heteroatoms. The van der Waals surface area contributed by atoms with E-state index in [1.165, 1.54) is 44.6 Å². The molecular weight excluding hydrogens is 210 g/mol. The lowest BCUT2D eigenvalue weighted by molar-refractivity contribution is 0.0509. The van der Waals surface area contributed by atoms with E-state index in [9.17, 15) is 0 Å². The molecule has 4 heterocycles. The Morgan fingerprint density at radius 3 is 2.65 bits per heavy atom. The molecule has 0 radical (unpaired) electrons. The topological polar surface area (TPSA) is 28.2 Å². The summed E-state index contributed by atoms with van der Waals surface area (Å²) in [6, 6.07) is 4.17. The maximum Gasteiger partial charge on any atom is 0.0271 e. The fourth-order valence-corrected chi connectivity index (χ4v) is 3.22. The van der Waals surface area contributed by atoms with E-state index in [2.05, 4.69) is 27.3 Å². The lowest BCUT2D eigenvalue weighted by Gasteiger charge is -2.45. The first-order valence-electron chi connectivity index (χ1n) is 6.74. The average molecular weight is 231 g/mol. The molecule has 2 bridgehead atoms. The van der Waals surface area contributed by atoms with Crippen LogP contribution in [-0.4, -0.2) is 36.1 Å². The molecule has 3 aliphatic heterocycles. The maximum absolute atomic E-state index is 4.04. The highest BCUT2D eigenvalue weighted by Crippen LogP contribution is 2.31. The molecule has 3 saturated heterocycles. The number of rotatable bonds is 4. The number of hydrogen-bond donors (Lipinski definition) is 1. The summed E-state index contributed by atoms with van der Waals surface area (Å²) in [5.74, 6) is 1.85. The largest absolute Gasteiger partial charge is 0.312 e. The lowest BCUT2D eigenvalue weighted by atomic mass is 9.79. The van der Waals surface area contributed by atoms with Gasteiger partial charge in [-0.15, -0.1) is 0 Å². The van der Waals surface area contributed by atoms with E-state index in [1.807, 2.05) is 12.4 Å². The highest BCUT2D eigenvalue weighted by atomic mass is 15.2. The van der Waals surface area contributed by atoms with E-state index in [0.29, 0.717) is 0 Å². The molecule has 1 atom stereocenters. The Labute approximate surface area is 103 Å². The molecule has 3 fully saturated rings. The van der Waals surface area contributed by atoms with E-state index >= 15 is 0 Å². The van der Waals surface area contributed by atoms with Crippen LogP contribution in [0, 0.1) is 11.8 Å². The summed E-state index contributed by atoms with van der Waals surface area (Å²) in [6.07, 6.45) is 6.57. The van der Waals surface area contributed by atoms with Gasteiger partial charge in [0.15, 0.2) is 0 Å². The Kier molecular flexibility index (Phi) is 3.39. The summed E-state index contributed by atoms with van der Waals surface area (Å²) in [4.78, 5) is 6.66. The minimum absolute atomic E-state index is 0.874. The molecule has 0 amide bonds. The molecule has 1 N–H and O–H groups in total. The van der Waals surface area contributed by atoms with E-state index in [-0.39, 0.29) is 0 Å². The Morgan fingerprint density at radius 2 is 2.00 bits per heavy atom. The third-order valence-electron chi connectivity index (χ3n) is 4.28. The van der Waals surface area contributed by atoms with Crippen molar-refractivity contribution in [3.8, 4) is 0 Å². The number of hydrogen-bond acceptors (Lipinski definition) is 3. The predicted octanol–water partition coefficient (Wildman–Crippen LogP) is 1.51. The van der Waals surface area contributed by atoms with Gasteiger partial charge in [0.25, 0.3) is 0 Å². The van der Waals surface area contributed by atoms with Crippen molar-refractivity contribution in [2.24, 2.45) is 11.8 Å². The Bertz CT molecular complexity index is 344. The summed E-state index contributed by atoms with van der Waals surface area (Å²) >= 11 is 0. The van der Waals surface area contributed by atoms with E-state index in [0.717, 1.165) is 18.4 Å². The molecule has 0 aliphatic carbocycles. The molecular formula is C14H21N3. The van der Waals surface area contributed by atoms with Crippen LogP contribution in [0.25, 0.3) is 0 Å². The molecule has 4 rings (SSSR count). The van der Waals surface area contributed by atoms with Crippen LogP contribution in [-0.2, 0) is 6.54 Å². The van der Waals surface area contributed by atoms with E-state index in [4.69, 9.17) is 0 Å². The molecule has 17 heavy (non-hydrogen) atoms. The van der Waals surface area contributed by atoms with Crippen molar-refractivity contribution >= 4 is 0 Å². The van der Waals surface area contributed by atoms with Crippen LogP contribution < -0.4 is 5.32 Å². The SMILES string of the molecule is c1cc(CNCC2CN3CCC2CC3)ccn1. The number of aromatic nitrogens is 1. The van der Waals surface area contributed by atoms with Crippen molar-refractivity contribution in [3.63, 3.8) is 0 Å². The second kappa shape index (κ2) is 5.15. The molecule has 0 spiro atoms. The number of piperidine rings is 3. The normalized spacial score (nSPS) is 31.6. The van der Waals surface area contributed by atoms with Crippen LogP contribution in [0.1, 0.15) is 18.4 Å². The Hall–Kier alpha value is -0.930. The van der Waals surface area contributed by atoms with Crippen LogP contribution in [0.5, 0.6) is 0 Å². The van der Waals surface area contributed by atoms with Gasteiger partial charge in [-0.05, 0) is 62.0 Å². The van der Waals surface area contributed by atoms with Crippen LogP contribution in [0.2, 0.25) is 0 Å². The van der Waals surface area contributed by atoms with Gasteiger partial charge in [0.2, 0.25) is 0 Å². The first-order chi connectivity index (χ1) is 8.42. The third-order valence-corrected chi connectivity index (χ3v) is 4.28. The average Bonchev–Trinajstić information content (AvgIpc) is 2.41. The van der Waals surface area contributed by atoms with Crippen LogP contribution in [0.4, 0.5) is 0 Å². The van der Waals surface area contributed by atoms with Gasteiger partial charge in [0.1, 0.15) is 0 Å². The van der Waals surface area contributed by atoms with Gasteiger partial charge < -0.3 is 10.2 Å². The minimum Gasteiger partial charge on any atom is -0.312 e. The summed E-state index contributed by atoms with van der Waals surface area (Å²) in [7, 11) is 0. The lowest BCUT2D eigenvalue weighted by Crippen LogP contribution is -2.50. The van der Waals surface area contributed by atoms with Crippen LogP contribution in [0.15, 0.2) is 24.5 Å². The van der Waals surface area contributed by atoms with Gasteiger partial charge in [0.05, 0.1) is 0 Å². The summed E-state index contributed by atoms with van der Waals surface area (Å²) in [5.41, 5.74) is 1.33. The first-order valence-corrected chi connectivity index (χ1v) is 6.74. The molecule has 1 unspecified atom stereocenters. The van der Waals surface area contributed by atoms with Gasteiger partial charge in [-0.3, -0.25) is 4.98 Å². The van der Waals surface area contributed by atoms with Gasteiger partial charge >= 0.3 is 0 Å². The number of fused-ring (bicyclic) bond motifs is 3. The Morgan fingerprint density at radius 1 is 1.24 bits per heavy atom. The number of pyridine rings is 1. The van der Waals surface area contributed by atoms with Crippen LogP contribution in [0.3, 0.4) is 0 Å². The van der Waals surface area contributed by atoms with Crippen molar-refractivity contribution in [2.45, 2.75) is 19.4 Å². The molecule has 1 aromatic heterocycles. The molecule has 1 aromatic rings. The Balaban J connectivity index is 1.46. The van der Waals surface area contributed by atoms with Gasteiger partial charge in [-0.25, -0.2) is 0 Å². The minimum atomic E-state index is 0.874. The zero-order valence-corrected chi connectivity index (χ0v) is 10.3. The maximum atomic E-state index is 4.04. The van der Waals surface area contributed by atoms with Crippen molar-refractivity contribution in [1.82, 2.24) is 15.2 Å². The summed E-state index contributed by atoms with van der Waals surface area (Å²) in [6.45, 7) is 6.14. The van der Waals surface area contributed by atoms with E-state index in [1.54, 1.807) is 0 Å². The van der Waals surface area contributed by atoms with Crippen molar-refractivity contribution < 1.29 is 0 Å². The first kappa shape index (κ1) is 11.2. The van der Waals surface area contributed by atoms with Crippen molar-refractivity contribution in [3.05, 3.63) is 30.1 Å². The molecule has 92 valence electrons. The highest BCUT2D eigenvalue weighted by Gasteiger charge is 2.33. The van der Waals surface area contributed by atoms with Crippen LogP contribution >= 0.6 is 0 Å². The fourth-order valence-electron chi connectivity index (χ4n) is 3.22. The second-order valence-electron chi connectivity index (χ2n) is 5.38. The molecule has 3 aliphatic rings. The predicted molar refractivity (Wildman–Crippen MR) is 68.6 cm³/mol. The molecule has 0 saturated carbocycles. The summed E-state index contributed by atoms with van der Waals surface area (Å²) < 4.78 is 0.